The van der Waals surface area contributed by atoms with Crippen molar-refractivity contribution in [1.29, 1.82) is 0 Å². The van der Waals surface area contributed by atoms with Gasteiger partial charge in [-0.2, -0.15) is 0 Å². The minimum Gasteiger partial charge on any atom is -0.366 e. The zero-order valence-corrected chi connectivity index (χ0v) is 10.7. The van der Waals surface area contributed by atoms with E-state index >= 15 is 0 Å². The van der Waals surface area contributed by atoms with Gasteiger partial charge in [0.25, 0.3) is 0 Å². The van der Waals surface area contributed by atoms with E-state index in [1.807, 2.05) is 37.2 Å². The number of rotatable bonds is 3. The molecule has 0 fully saturated rings. The summed E-state index contributed by atoms with van der Waals surface area (Å²) in [6.45, 7) is 0. The quantitative estimate of drug-likeness (QED) is 0.582. The van der Waals surface area contributed by atoms with Gasteiger partial charge in [0.15, 0.2) is 5.82 Å². The Morgan fingerprint density at radius 2 is 1.94 bits per heavy atom. The topological polar surface area (TPSA) is 48.8 Å². The Balaban J connectivity index is 2.87. The molecule has 0 bridgehead atoms. The maximum atomic E-state index is 11.6. The Hall–Kier alpha value is -1.91. The molecule has 0 unspecified atom stereocenters. The molecule has 17 heavy (non-hydrogen) atoms. The maximum Gasteiger partial charge on any atom is 0.229 e. The lowest BCUT2D eigenvalue weighted by atomic mass is 10.3. The molecule has 0 radical (unpaired) electrons. The van der Waals surface area contributed by atoms with Crippen LogP contribution in [0, 0.1) is 0 Å². The van der Waals surface area contributed by atoms with E-state index in [0.717, 1.165) is 0 Å². The van der Waals surface area contributed by atoms with Gasteiger partial charge in [0, 0.05) is 34.4 Å². The van der Waals surface area contributed by atoms with E-state index in [0.29, 0.717) is 11.7 Å². The number of aliphatic imine (C=N–C) groups is 1. The third-order valence-electron chi connectivity index (χ3n) is 2.22. The highest BCUT2D eigenvalue weighted by Crippen LogP contribution is 2.08. The first-order valence-corrected chi connectivity index (χ1v) is 5.36. The number of pyridine rings is 1. The summed E-state index contributed by atoms with van der Waals surface area (Å²) in [7, 11) is 7.20. The van der Waals surface area contributed by atoms with Crippen LogP contribution in [0.1, 0.15) is 6.42 Å². The molecule has 0 spiro atoms. The van der Waals surface area contributed by atoms with Crippen molar-refractivity contribution in [3.8, 4) is 0 Å². The van der Waals surface area contributed by atoms with Crippen molar-refractivity contribution in [2.75, 3.05) is 28.2 Å². The van der Waals surface area contributed by atoms with Gasteiger partial charge >= 0.3 is 0 Å². The van der Waals surface area contributed by atoms with Crippen LogP contribution in [0.2, 0.25) is 0 Å². The third-order valence-corrected chi connectivity index (χ3v) is 2.22. The van der Waals surface area contributed by atoms with Gasteiger partial charge in [0.1, 0.15) is 5.84 Å². The lowest BCUT2D eigenvalue weighted by Gasteiger charge is -2.17. The normalized spacial score (nSPS) is 11.2. The highest BCUT2D eigenvalue weighted by molar-refractivity contribution is 6.00. The first kappa shape index (κ1) is 13.2. The summed E-state index contributed by atoms with van der Waals surface area (Å²) < 4.78 is 0. The second-order valence-electron chi connectivity index (χ2n) is 4.08. The number of carbonyl (C=O) groups is 1. The molecule has 92 valence electrons. The van der Waals surface area contributed by atoms with Crippen molar-refractivity contribution in [2.45, 2.75) is 6.42 Å². The number of amides is 1. The largest absolute Gasteiger partial charge is 0.366 e. The molecule has 0 aromatic carbocycles. The van der Waals surface area contributed by atoms with Gasteiger partial charge in [0.2, 0.25) is 5.91 Å². The smallest absolute Gasteiger partial charge is 0.229 e. The SMILES string of the molecule is CN(C)C(=O)C/C(=N/c1ccccn1)N(C)C. The fraction of sp³-hybridized carbons (Fsp3) is 0.417. The number of aromatic nitrogens is 1. The van der Waals surface area contributed by atoms with E-state index in [1.165, 1.54) is 0 Å². The Kier molecular flexibility index (Phi) is 4.63. The van der Waals surface area contributed by atoms with E-state index in [2.05, 4.69) is 9.98 Å². The average Bonchev–Trinajstić information content (AvgIpc) is 2.29. The lowest BCUT2D eigenvalue weighted by Crippen LogP contribution is -2.30. The maximum absolute atomic E-state index is 11.6. The van der Waals surface area contributed by atoms with Crippen molar-refractivity contribution in [1.82, 2.24) is 14.8 Å². The number of amidine groups is 1. The van der Waals surface area contributed by atoms with Crippen molar-refractivity contribution in [3.05, 3.63) is 24.4 Å². The predicted octanol–water partition coefficient (Wildman–Crippen LogP) is 1.15. The third kappa shape index (κ3) is 4.22. The molecular weight excluding hydrogens is 216 g/mol. The van der Waals surface area contributed by atoms with Crippen LogP contribution in [-0.4, -0.2) is 54.7 Å². The number of nitrogens with zero attached hydrogens (tertiary/aromatic N) is 4. The first-order valence-electron chi connectivity index (χ1n) is 5.36. The summed E-state index contributed by atoms with van der Waals surface area (Å²) in [6.07, 6.45) is 1.95. The molecule has 0 aliphatic rings. The molecule has 1 rings (SSSR count). The molecule has 0 saturated carbocycles. The first-order chi connectivity index (χ1) is 8.00. The van der Waals surface area contributed by atoms with E-state index in [4.69, 9.17) is 0 Å². The summed E-state index contributed by atoms with van der Waals surface area (Å²) in [4.78, 5) is 23.5. The molecule has 1 aromatic heterocycles. The summed E-state index contributed by atoms with van der Waals surface area (Å²) in [5, 5.41) is 0. The van der Waals surface area contributed by atoms with Gasteiger partial charge in [-0.25, -0.2) is 9.98 Å². The highest BCUT2D eigenvalue weighted by Gasteiger charge is 2.11. The van der Waals surface area contributed by atoms with Crippen molar-refractivity contribution >= 4 is 17.6 Å². The lowest BCUT2D eigenvalue weighted by molar-refractivity contribution is -0.127. The average molecular weight is 234 g/mol. The van der Waals surface area contributed by atoms with Crippen molar-refractivity contribution < 1.29 is 4.79 Å². The van der Waals surface area contributed by atoms with Crippen LogP contribution < -0.4 is 0 Å². The van der Waals surface area contributed by atoms with Gasteiger partial charge in [-0.15, -0.1) is 0 Å². The highest BCUT2D eigenvalue weighted by atomic mass is 16.2. The summed E-state index contributed by atoms with van der Waals surface area (Å²) in [5.74, 6) is 1.33. The van der Waals surface area contributed by atoms with E-state index in [-0.39, 0.29) is 12.3 Å². The molecule has 5 nitrogen and oxygen atoms in total. The monoisotopic (exact) mass is 234 g/mol. The fourth-order valence-electron chi connectivity index (χ4n) is 1.14. The second-order valence-corrected chi connectivity index (χ2v) is 4.08. The molecular formula is C12H18N4O. The molecule has 1 heterocycles. The van der Waals surface area contributed by atoms with Crippen molar-refractivity contribution in [2.24, 2.45) is 4.99 Å². The van der Waals surface area contributed by atoms with Gasteiger partial charge < -0.3 is 9.80 Å². The van der Waals surface area contributed by atoms with Crippen LogP contribution in [0.15, 0.2) is 29.4 Å². The zero-order chi connectivity index (χ0) is 12.8. The van der Waals surface area contributed by atoms with E-state index in [9.17, 15) is 4.79 Å². The second kappa shape index (κ2) is 5.98. The van der Waals surface area contributed by atoms with Crippen LogP contribution in [-0.2, 0) is 4.79 Å². The Morgan fingerprint density at radius 1 is 1.24 bits per heavy atom. The molecule has 0 aliphatic heterocycles. The number of carbonyl (C=O) groups excluding carboxylic acids is 1. The Labute approximate surface area is 102 Å². The minimum atomic E-state index is 0.0216. The predicted molar refractivity (Wildman–Crippen MR) is 68.3 cm³/mol. The van der Waals surface area contributed by atoms with Crippen molar-refractivity contribution in [3.63, 3.8) is 0 Å². The van der Waals surface area contributed by atoms with Gasteiger partial charge in [-0.1, -0.05) is 6.07 Å². The van der Waals surface area contributed by atoms with Crippen LogP contribution in [0.4, 0.5) is 5.82 Å². The van der Waals surface area contributed by atoms with Gasteiger partial charge in [0.05, 0.1) is 6.42 Å². The molecule has 1 aromatic rings. The standard InChI is InChI=1S/C12H18N4O/c1-15(2)11(9-12(17)16(3)4)14-10-7-5-6-8-13-10/h5-8H,9H2,1-4H3/b14-11-. The van der Waals surface area contributed by atoms with Gasteiger partial charge in [-0.05, 0) is 12.1 Å². The molecule has 0 atom stereocenters. The fourth-order valence-corrected chi connectivity index (χ4v) is 1.14. The van der Waals surface area contributed by atoms with Crippen LogP contribution in [0.5, 0.6) is 0 Å². The van der Waals surface area contributed by atoms with Gasteiger partial charge in [-0.3, -0.25) is 4.79 Å². The van der Waals surface area contributed by atoms with Crippen LogP contribution >= 0.6 is 0 Å². The van der Waals surface area contributed by atoms with Crippen LogP contribution in [0.3, 0.4) is 0 Å². The Bertz CT molecular complexity index is 398. The minimum absolute atomic E-state index is 0.0216. The summed E-state index contributed by atoms with van der Waals surface area (Å²) in [6, 6.07) is 5.51. The molecule has 5 heteroatoms. The van der Waals surface area contributed by atoms with Crippen LogP contribution in [0.25, 0.3) is 0 Å². The molecule has 1 amide bonds. The number of hydrogen-bond donors (Lipinski definition) is 0. The number of hydrogen-bond acceptors (Lipinski definition) is 3. The molecule has 0 N–H and O–H groups in total. The van der Waals surface area contributed by atoms with E-state index < -0.39 is 0 Å². The Morgan fingerprint density at radius 3 is 2.41 bits per heavy atom. The molecule has 0 aliphatic carbocycles. The summed E-state index contributed by atoms with van der Waals surface area (Å²) in [5.41, 5.74) is 0. The zero-order valence-electron chi connectivity index (χ0n) is 10.7. The van der Waals surface area contributed by atoms with E-state index in [1.54, 1.807) is 25.2 Å². The summed E-state index contributed by atoms with van der Waals surface area (Å²) >= 11 is 0. The molecule has 0 saturated heterocycles.